The summed E-state index contributed by atoms with van der Waals surface area (Å²) in [7, 11) is -4.39. The zero-order valence-corrected chi connectivity index (χ0v) is 25.1. The van der Waals surface area contributed by atoms with Crippen LogP contribution in [0.1, 0.15) is 12.8 Å². The molecule has 1 aromatic heterocycles. The topological polar surface area (TPSA) is 129 Å². The van der Waals surface area contributed by atoms with Crippen molar-refractivity contribution in [2.75, 3.05) is 19.0 Å². The van der Waals surface area contributed by atoms with Crippen LogP contribution in [0.4, 0.5) is 0 Å². The summed E-state index contributed by atoms with van der Waals surface area (Å²) in [5, 5.41) is 9.44. The molecule has 12 heteroatoms. The van der Waals surface area contributed by atoms with Crippen LogP contribution >= 0.6 is 19.6 Å². The van der Waals surface area contributed by atoms with Crippen molar-refractivity contribution in [2.45, 2.75) is 25.4 Å². The highest BCUT2D eigenvalue weighted by atomic mass is 32.2. The van der Waals surface area contributed by atoms with Gasteiger partial charge in [0.1, 0.15) is 23.8 Å². The first-order valence-electron chi connectivity index (χ1n) is 13.6. The lowest BCUT2D eigenvalue weighted by molar-refractivity contribution is -0.692. The number of carbonyl (C=O) groups is 2. The number of amides is 1. The van der Waals surface area contributed by atoms with Crippen molar-refractivity contribution in [3.63, 3.8) is 0 Å². The second kappa shape index (κ2) is 15.5. The average Bonchev–Trinajstić information content (AvgIpc) is 3.25. The molecule has 2 atom stereocenters. The standard InChI is InChI=1S/C19H23N2O4S.C12H11O4P/c1-2-11-25-19(24)17-18(26-12-9-20-7-4-3-5-8-20)14(6-10-22)15-13-16(23)21(15)17;13-17(14,15-11-7-3-1-4-8-11)16-12-9-5-2-6-10-12/h2-5,7-8,14-15,22H,1,6,9-13H2;1-10H,(H,13,14)/q+1;/p-1/t14?,15-;/m1./s1. The van der Waals surface area contributed by atoms with Crippen LogP contribution in [-0.4, -0.2) is 46.9 Å². The van der Waals surface area contributed by atoms with E-state index in [1.807, 2.05) is 30.6 Å². The molecule has 1 unspecified atom stereocenters. The van der Waals surface area contributed by atoms with Crippen molar-refractivity contribution >= 4 is 31.5 Å². The van der Waals surface area contributed by atoms with Crippen molar-refractivity contribution in [1.29, 1.82) is 0 Å². The van der Waals surface area contributed by atoms with Crippen molar-refractivity contribution in [1.82, 2.24) is 4.90 Å². The van der Waals surface area contributed by atoms with Gasteiger partial charge in [-0.05, 0) is 30.7 Å². The zero-order chi connectivity index (χ0) is 30.7. The molecule has 0 radical (unpaired) electrons. The summed E-state index contributed by atoms with van der Waals surface area (Å²) in [6, 6.07) is 22.3. The third-order valence-corrected chi connectivity index (χ3v) is 8.59. The normalized spacial score (nSPS) is 17.3. The van der Waals surface area contributed by atoms with E-state index in [-0.39, 0.29) is 42.6 Å². The highest BCUT2D eigenvalue weighted by molar-refractivity contribution is 8.03. The molecule has 3 heterocycles. The molecule has 0 aliphatic carbocycles. The number of β-lactam (4-membered cyclic amide) rings is 1. The van der Waals surface area contributed by atoms with Gasteiger partial charge >= 0.3 is 13.8 Å². The van der Waals surface area contributed by atoms with Crippen molar-refractivity contribution in [2.24, 2.45) is 5.92 Å². The highest BCUT2D eigenvalue weighted by Crippen LogP contribution is 2.48. The number of hydrogen-bond donors (Lipinski definition) is 1. The first-order valence-corrected chi connectivity index (χ1v) is 16.1. The Labute approximate surface area is 254 Å². The third-order valence-electron chi connectivity index (χ3n) is 6.53. The fourth-order valence-corrected chi connectivity index (χ4v) is 6.77. The largest absolute Gasteiger partial charge is 0.736 e. The van der Waals surface area contributed by atoms with Gasteiger partial charge in [0, 0.05) is 36.0 Å². The molecule has 1 fully saturated rings. The van der Waals surface area contributed by atoms with Crippen LogP contribution < -0.4 is 18.5 Å². The van der Waals surface area contributed by atoms with Crippen molar-refractivity contribution in [3.8, 4) is 11.5 Å². The van der Waals surface area contributed by atoms with E-state index in [9.17, 15) is 24.2 Å². The number of fused-ring (bicyclic) bond motifs is 1. The van der Waals surface area contributed by atoms with E-state index in [1.54, 1.807) is 77.3 Å². The molecule has 1 saturated heterocycles. The van der Waals surface area contributed by atoms with Crippen LogP contribution in [0, 0.1) is 5.92 Å². The smallest absolute Gasteiger partial charge is 0.372 e. The van der Waals surface area contributed by atoms with Crippen LogP contribution in [0.25, 0.3) is 0 Å². The van der Waals surface area contributed by atoms with E-state index in [1.165, 1.54) is 6.08 Å². The molecule has 1 N–H and O–H groups in total. The quantitative estimate of drug-likeness (QED) is 0.0991. The fourth-order valence-electron chi connectivity index (χ4n) is 4.65. The SMILES string of the molecule is C=CCOC(=O)C1=C(SCC[n+]2ccccc2)C(CCO)[C@H]2CC(=O)N12.O=P([O-])(Oc1ccccc1)Oc1ccccc1. The summed E-state index contributed by atoms with van der Waals surface area (Å²) in [5.74, 6) is 0.659. The number of rotatable bonds is 13. The van der Waals surface area contributed by atoms with Gasteiger partial charge < -0.3 is 28.7 Å². The first kappa shape index (κ1) is 32.0. The van der Waals surface area contributed by atoms with Gasteiger partial charge in [0.25, 0.3) is 0 Å². The van der Waals surface area contributed by atoms with Gasteiger partial charge in [0.15, 0.2) is 18.9 Å². The second-order valence-electron chi connectivity index (χ2n) is 9.47. The Morgan fingerprint density at radius 2 is 1.63 bits per heavy atom. The van der Waals surface area contributed by atoms with Crippen LogP contribution in [-0.2, 0) is 25.4 Å². The number of para-hydroxylation sites is 2. The van der Waals surface area contributed by atoms with E-state index >= 15 is 0 Å². The Morgan fingerprint density at radius 3 is 2.16 bits per heavy atom. The summed E-state index contributed by atoms with van der Waals surface area (Å²) in [6.45, 7) is 4.47. The molecule has 2 aromatic carbocycles. The Morgan fingerprint density at radius 1 is 1.05 bits per heavy atom. The number of hydrogen-bond acceptors (Lipinski definition) is 9. The monoisotopic (exact) mass is 624 g/mol. The summed E-state index contributed by atoms with van der Waals surface area (Å²) in [5.41, 5.74) is 0.356. The Hall–Kier alpha value is -3.89. The van der Waals surface area contributed by atoms with E-state index in [2.05, 4.69) is 11.1 Å². The average molecular weight is 625 g/mol. The fraction of sp³-hybridized carbons (Fsp3) is 0.258. The maximum Gasteiger partial charge on any atom is 0.372 e. The molecule has 43 heavy (non-hydrogen) atoms. The molecule has 0 spiro atoms. The molecule has 1 amide bonds. The zero-order valence-electron chi connectivity index (χ0n) is 23.4. The lowest BCUT2D eigenvalue weighted by atomic mass is 9.90. The Balaban J connectivity index is 0.000000215. The Bertz CT molecular complexity index is 1410. The van der Waals surface area contributed by atoms with E-state index in [0.29, 0.717) is 18.5 Å². The number of pyridine rings is 1. The van der Waals surface area contributed by atoms with Gasteiger partial charge in [-0.3, -0.25) is 4.79 Å². The maximum absolute atomic E-state index is 12.5. The number of carbonyl (C=O) groups excluding carboxylic acids is 2. The molecule has 226 valence electrons. The molecular weight excluding hydrogens is 591 g/mol. The van der Waals surface area contributed by atoms with E-state index < -0.39 is 13.8 Å². The summed E-state index contributed by atoms with van der Waals surface area (Å²) < 4.78 is 28.4. The molecule has 5 rings (SSSR count). The minimum atomic E-state index is -4.39. The lowest BCUT2D eigenvalue weighted by Crippen LogP contribution is -2.52. The van der Waals surface area contributed by atoms with Crippen LogP contribution in [0.5, 0.6) is 11.5 Å². The molecule has 3 aromatic rings. The molecule has 0 bridgehead atoms. The van der Waals surface area contributed by atoms with Gasteiger partial charge in [-0.1, -0.05) is 55.1 Å². The maximum atomic E-state index is 12.5. The molecule has 2 aliphatic rings. The highest BCUT2D eigenvalue weighted by Gasteiger charge is 2.53. The van der Waals surface area contributed by atoms with Gasteiger partial charge in [0.05, 0.1) is 11.8 Å². The predicted octanol–water partition coefficient (Wildman–Crippen LogP) is 3.87. The number of aliphatic hydroxyl groups excluding tert-OH is 1. The van der Waals surface area contributed by atoms with Crippen LogP contribution in [0.3, 0.4) is 0 Å². The summed E-state index contributed by atoms with van der Waals surface area (Å²) in [4.78, 5) is 38.6. The molecule has 2 aliphatic heterocycles. The van der Waals surface area contributed by atoms with Crippen molar-refractivity contribution < 1.29 is 42.5 Å². The number of ether oxygens (including phenoxy) is 1. The minimum absolute atomic E-state index is 0.00486. The third kappa shape index (κ3) is 8.81. The number of benzene rings is 2. The van der Waals surface area contributed by atoms with Gasteiger partial charge in [-0.25, -0.2) is 13.9 Å². The van der Waals surface area contributed by atoms with Crippen LogP contribution in [0.2, 0.25) is 0 Å². The van der Waals surface area contributed by atoms with Gasteiger partial charge in [-0.2, -0.15) is 0 Å². The second-order valence-corrected chi connectivity index (χ2v) is 11.9. The van der Waals surface area contributed by atoms with Gasteiger partial charge in [0.2, 0.25) is 5.91 Å². The number of phosphoric acid groups is 1. The number of nitrogens with zero attached hydrogens (tertiary/aromatic N) is 2. The number of aryl methyl sites for hydroxylation is 1. The number of aromatic nitrogens is 1. The lowest BCUT2D eigenvalue weighted by Gasteiger charge is -2.38. The first-order chi connectivity index (χ1) is 20.8. The number of phosphoric ester groups is 1. The number of thioether (sulfide) groups is 1. The van der Waals surface area contributed by atoms with Crippen molar-refractivity contribution in [3.05, 3.63) is 115 Å². The molecular formula is C31H33N2O8PS. The van der Waals surface area contributed by atoms with Crippen LogP contribution in [0.15, 0.2) is 115 Å². The molecule has 10 nitrogen and oxygen atoms in total. The summed E-state index contributed by atoms with van der Waals surface area (Å²) in [6.07, 6.45) is 6.44. The van der Waals surface area contributed by atoms with E-state index in [0.717, 1.165) is 17.2 Å². The minimum Gasteiger partial charge on any atom is -0.736 e. The number of esters is 1. The number of aliphatic hydroxyl groups is 1. The van der Waals surface area contributed by atoms with Gasteiger partial charge in [-0.15, -0.1) is 11.8 Å². The Kier molecular flexibility index (Phi) is 11.6. The predicted molar refractivity (Wildman–Crippen MR) is 159 cm³/mol. The van der Waals surface area contributed by atoms with E-state index in [4.69, 9.17) is 13.8 Å². The molecule has 0 saturated carbocycles. The summed E-state index contributed by atoms with van der Waals surface area (Å²) >= 11 is 1.57.